The van der Waals surface area contributed by atoms with Crippen LogP contribution in [-0.2, 0) is 5.41 Å². The summed E-state index contributed by atoms with van der Waals surface area (Å²) in [6.07, 6.45) is 9.40. The number of hydrogen-bond donors (Lipinski definition) is 0. The molecule has 3 aliphatic carbocycles. The van der Waals surface area contributed by atoms with E-state index in [0.717, 1.165) is 5.56 Å². The van der Waals surface area contributed by atoms with Gasteiger partial charge in [-0.2, -0.15) is 0 Å². The number of rotatable bonds is 0. The lowest BCUT2D eigenvalue weighted by molar-refractivity contribution is 0.141. The second-order valence-electron chi connectivity index (χ2n) is 7.00. The fraction of sp³-hybridized carbons (Fsp3) is 0.529. The molecule has 2 fully saturated rings. The van der Waals surface area contributed by atoms with Crippen molar-refractivity contribution in [1.29, 1.82) is 0 Å². The van der Waals surface area contributed by atoms with Gasteiger partial charge in [-0.15, -0.1) is 0 Å². The Balaban J connectivity index is 1.97. The van der Waals surface area contributed by atoms with Gasteiger partial charge in [0.2, 0.25) is 0 Å². The highest BCUT2D eigenvalue weighted by Gasteiger charge is 2.74. The van der Waals surface area contributed by atoms with Crippen LogP contribution >= 0.6 is 0 Å². The molecular formula is C17H19F. The van der Waals surface area contributed by atoms with E-state index in [4.69, 9.17) is 0 Å². The zero-order valence-corrected chi connectivity index (χ0v) is 11.1. The highest BCUT2D eigenvalue weighted by molar-refractivity contribution is 5.67. The normalized spacial score (nSPS) is 38.6. The van der Waals surface area contributed by atoms with Gasteiger partial charge in [0.15, 0.2) is 0 Å². The Kier molecular flexibility index (Phi) is 1.73. The monoisotopic (exact) mass is 242 g/mol. The molecule has 0 heterocycles. The highest BCUT2D eigenvalue weighted by atomic mass is 19.1. The number of fused-ring (bicyclic) bond motifs is 1. The maximum Gasteiger partial charge on any atom is 0.130 e. The van der Waals surface area contributed by atoms with Crippen LogP contribution in [0.1, 0.15) is 50.7 Å². The molecule has 0 saturated heterocycles. The summed E-state index contributed by atoms with van der Waals surface area (Å²) < 4.78 is 14.0. The highest BCUT2D eigenvalue weighted by Crippen LogP contribution is 2.80. The standard InChI is InChI=1S/C17H19F/c1-15(2)8-4-9-16-11-17(15,16)10-7-12-13(16)5-3-6-14(12)18/h3,5-7,10H,4,8-9,11H2,1-2H3/t16-,17-/m0/s1. The summed E-state index contributed by atoms with van der Waals surface area (Å²) in [5.74, 6) is -0.0537. The third-order valence-electron chi connectivity index (χ3n) is 6.03. The molecule has 1 aromatic carbocycles. The van der Waals surface area contributed by atoms with Crippen LogP contribution in [0.4, 0.5) is 4.39 Å². The zero-order valence-electron chi connectivity index (χ0n) is 11.1. The van der Waals surface area contributed by atoms with Crippen molar-refractivity contribution >= 4 is 6.08 Å². The van der Waals surface area contributed by atoms with Gasteiger partial charge >= 0.3 is 0 Å². The van der Waals surface area contributed by atoms with Gasteiger partial charge in [-0.1, -0.05) is 44.6 Å². The number of halogens is 1. The topological polar surface area (TPSA) is 0 Å². The fourth-order valence-electron chi connectivity index (χ4n) is 4.95. The van der Waals surface area contributed by atoms with Crippen LogP contribution in [0.5, 0.6) is 0 Å². The minimum Gasteiger partial charge on any atom is -0.206 e. The molecule has 0 aromatic heterocycles. The maximum absolute atomic E-state index is 14.0. The van der Waals surface area contributed by atoms with Crippen molar-refractivity contribution in [3.05, 3.63) is 41.2 Å². The summed E-state index contributed by atoms with van der Waals surface area (Å²) in [5.41, 5.74) is 3.03. The van der Waals surface area contributed by atoms with Crippen molar-refractivity contribution in [1.82, 2.24) is 0 Å². The third-order valence-corrected chi connectivity index (χ3v) is 6.03. The fourth-order valence-corrected chi connectivity index (χ4v) is 4.95. The first-order valence-corrected chi connectivity index (χ1v) is 7.01. The molecule has 2 atom stereocenters. The van der Waals surface area contributed by atoms with Crippen LogP contribution in [0.2, 0.25) is 0 Å². The molecule has 0 nitrogen and oxygen atoms in total. The Hall–Kier alpha value is -1.11. The van der Waals surface area contributed by atoms with E-state index < -0.39 is 0 Å². The predicted molar refractivity (Wildman–Crippen MR) is 71.8 cm³/mol. The van der Waals surface area contributed by atoms with Gasteiger partial charge in [-0.3, -0.25) is 0 Å². The third kappa shape index (κ3) is 0.953. The molecule has 1 aromatic rings. The van der Waals surface area contributed by atoms with Crippen LogP contribution in [0, 0.1) is 16.6 Å². The maximum atomic E-state index is 14.0. The molecule has 0 amide bonds. The average Bonchev–Trinajstić information content (AvgIpc) is 3.01. The second-order valence-corrected chi connectivity index (χ2v) is 7.00. The number of benzene rings is 1. The van der Waals surface area contributed by atoms with E-state index in [-0.39, 0.29) is 11.2 Å². The first kappa shape index (κ1) is 10.8. The van der Waals surface area contributed by atoms with Gasteiger partial charge in [0.25, 0.3) is 0 Å². The van der Waals surface area contributed by atoms with Gasteiger partial charge < -0.3 is 0 Å². The SMILES string of the molecule is CC1(C)CCC[C@@]23C[C@@]12C=Cc1c(F)cccc13. The Morgan fingerprint density at radius 1 is 1.17 bits per heavy atom. The molecule has 0 bridgehead atoms. The van der Waals surface area contributed by atoms with E-state index in [0.29, 0.717) is 10.8 Å². The molecule has 0 unspecified atom stereocenters. The number of allylic oxidation sites excluding steroid dienone is 1. The van der Waals surface area contributed by atoms with Gasteiger partial charge in [-0.25, -0.2) is 4.39 Å². The Morgan fingerprint density at radius 2 is 2.00 bits per heavy atom. The van der Waals surface area contributed by atoms with E-state index in [1.807, 2.05) is 12.1 Å². The van der Waals surface area contributed by atoms with Crippen LogP contribution in [0.25, 0.3) is 6.08 Å². The first-order valence-electron chi connectivity index (χ1n) is 7.01. The van der Waals surface area contributed by atoms with Gasteiger partial charge in [0.1, 0.15) is 5.82 Å². The Morgan fingerprint density at radius 3 is 2.83 bits per heavy atom. The Labute approximate surface area is 108 Å². The molecule has 1 heteroatoms. The molecule has 0 N–H and O–H groups in total. The molecule has 2 saturated carbocycles. The second kappa shape index (κ2) is 2.89. The van der Waals surface area contributed by atoms with Gasteiger partial charge in [0, 0.05) is 16.4 Å². The van der Waals surface area contributed by atoms with E-state index in [1.165, 1.54) is 31.2 Å². The van der Waals surface area contributed by atoms with E-state index in [2.05, 4.69) is 26.0 Å². The van der Waals surface area contributed by atoms with Crippen molar-refractivity contribution in [3.8, 4) is 0 Å². The molecule has 94 valence electrons. The summed E-state index contributed by atoms with van der Waals surface area (Å²) in [4.78, 5) is 0. The van der Waals surface area contributed by atoms with Crippen LogP contribution < -0.4 is 0 Å². The summed E-state index contributed by atoms with van der Waals surface area (Å²) >= 11 is 0. The Bertz CT molecular complexity index is 569. The van der Waals surface area contributed by atoms with Gasteiger partial charge in [-0.05, 0) is 36.3 Å². The van der Waals surface area contributed by atoms with Crippen LogP contribution in [-0.4, -0.2) is 0 Å². The number of hydrogen-bond acceptors (Lipinski definition) is 0. The van der Waals surface area contributed by atoms with Crippen molar-refractivity contribution in [2.24, 2.45) is 10.8 Å². The molecule has 3 aliphatic rings. The molecular weight excluding hydrogens is 223 g/mol. The summed E-state index contributed by atoms with van der Waals surface area (Å²) in [5, 5.41) is 0. The van der Waals surface area contributed by atoms with Crippen molar-refractivity contribution < 1.29 is 4.39 Å². The zero-order chi connectivity index (χ0) is 12.6. The van der Waals surface area contributed by atoms with Crippen molar-refractivity contribution in [2.45, 2.75) is 44.9 Å². The lowest BCUT2D eigenvalue weighted by atomic mass is 9.59. The summed E-state index contributed by atoms with van der Waals surface area (Å²) in [6, 6.07) is 5.63. The summed E-state index contributed by atoms with van der Waals surface area (Å²) in [6.45, 7) is 4.78. The van der Waals surface area contributed by atoms with Crippen molar-refractivity contribution in [2.75, 3.05) is 0 Å². The van der Waals surface area contributed by atoms with E-state index >= 15 is 0 Å². The van der Waals surface area contributed by atoms with Gasteiger partial charge in [0.05, 0.1) is 0 Å². The predicted octanol–water partition coefficient (Wildman–Crippen LogP) is 4.69. The molecule has 0 aliphatic heterocycles. The van der Waals surface area contributed by atoms with Crippen LogP contribution in [0.15, 0.2) is 24.3 Å². The average molecular weight is 242 g/mol. The molecule has 4 rings (SSSR count). The lowest BCUT2D eigenvalue weighted by Gasteiger charge is -2.44. The molecule has 0 spiro atoms. The van der Waals surface area contributed by atoms with Crippen molar-refractivity contribution in [3.63, 3.8) is 0 Å². The minimum atomic E-state index is -0.0537. The molecule has 18 heavy (non-hydrogen) atoms. The first-order chi connectivity index (χ1) is 8.53. The van der Waals surface area contributed by atoms with Crippen LogP contribution in [0.3, 0.4) is 0 Å². The largest absolute Gasteiger partial charge is 0.206 e. The van der Waals surface area contributed by atoms with E-state index in [9.17, 15) is 4.39 Å². The lowest BCUT2D eigenvalue weighted by Crippen LogP contribution is -2.37. The summed E-state index contributed by atoms with van der Waals surface area (Å²) in [7, 11) is 0. The smallest absolute Gasteiger partial charge is 0.130 e. The van der Waals surface area contributed by atoms with E-state index in [1.54, 1.807) is 6.07 Å². The minimum absolute atomic E-state index is 0.0537. The molecule has 0 radical (unpaired) electrons. The quantitative estimate of drug-likeness (QED) is 0.619.